The van der Waals surface area contributed by atoms with Crippen LogP contribution < -0.4 is 15.4 Å². The molecule has 9 nitrogen and oxygen atoms in total. The van der Waals surface area contributed by atoms with Crippen molar-refractivity contribution in [3.05, 3.63) is 41.6 Å². The number of nitriles is 1. The fourth-order valence-corrected chi connectivity index (χ4v) is 3.74. The number of nitrogens with one attached hydrogen (secondary N) is 3. The molecule has 1 saturated heterocycles. The standard InChI is InChI=1S/C22H24N6O3/c1-13-12-28(6-7-31-13)22(29)14-4-5-16(18(8-14)30-3)26-19-9-17(24-2)20-15(10-23)11-25-21(20)27-19/h4-5,8-9,11,13H,6-7,12H2,1-3H3,(H3,24,25,26,27)/t13-/m1/s1. The number of hydrogen-bond donors (Lipinski definition) is 3. The number of rotatable bonds is 5. The van der Waals surface area contributed by atoms with Crippen molar-refractivity contribution in [3.63, 3.8) is 0 Å². The first-order valence-electron chi connectivity index (χ1n) is 10.00. The molecule has 9 heteroatoms. The predicted octanol–water partition coefficient (Wildman–Crippen LogP) is 3.09. The zero-order valence-electron chi connectivity index (χ0n) is 17.7. The Labute approximate surface area is 180 Å². The molecule has 3 N–H and O–H groups in total. The van der Waals surface area contributed by atoms with E-state index in [0.29, 0.717) is 53.7 Å². The van der Waals surface area contributed by atoms with Crippen molar-refractivity contribution >= 4 is 34.1 Å². The summed E-state index contributed by atoms with van der Waals surface area (Å²) in [5, 5.41) is 16.4. The molecular weight excluding hydrogens is 396 g/mol. The van der Waals surface area contributed by atoms with Crippen LogP contribution in [0.25, 0.3) is 11.0 Å². The van der Waals surface area contributed by atoms with Crippen LogP contribution in [0.4, 0.5) is 17.2 Å². The van der Waals surface area contributed by atoms with Crippen molar-refractivity contribution in [1.29, 1.82) is 5.26 Å². The number of carbonyl (C=O) groups excluding carboxylic acids is 1. The minimum absolute atomic E-state index is 0.0254. The summed E-state index contributed by atoms with van der Waals surface area (Å²) in [5.74, 6) is 1.05. The number of amides is 1. The van der Waals surface area contributed by atoms with Gasteiger partial charge in [0.2, 0.25) is 0 Å². The van der Waals surface area contributed by atoms with Gasteiger partial charge in [0, 0.05) is 43.7 Å². The maximum absolute atomic E-state index is 12.9. The fourth-order valence-electron chi connectivity index (χ4n) is 3.74. The molecule has 3 heterocycles. The lowest BCUT2D eigenvalue weighted by molar-refractivity contribution is -0.0124. The Bertz CT molecular complexity index is 1170. The van der Waals surface area contributed by atoms with Gasteiger partial charge < -0.3 is 30.0 Å². The molecule has 0 aliphatic carbocycles. The highest BCUT2D eigenvalue weighted by atomic mass is 16.5. The van der Waals surface area contributed by atoms with Crippen LogP contribution in [-0.2, 0) is 4.74 Å². The number of ether oxygens (including phenoxy) is 2. The lowest BCUT2D eigenvalue weighted by atomic mass is 10.1. The van der Waals surface area contributed by atoms with Crippen LogP contribution in [0, 0.1) is 11.3 Å². The van der Waals surface area contributed by atoms with Crippen LogP contribution in [0.3, 0.4) is 0 Å². The molecule has 4 rings (SSSR count). The number of anilines is 3. The molecule has 0 bridgehead atoms. The van der Waals surface area contributed by atoms with Crippen molar-refractivity contribution in [1.82, 2.24) is 14.9 Å². The van der Waals surface area contributed by atoms with E-state index in [9.17, 15) is 10.1 Å². The number of nitrogens with zero attached hydrogens (tertiary/aromatic N) is 3. The fraction of sp³-hybridized carbons (Fsp3) is 0.318. The van der Waals surface area contributed by atoms with E-state index < -0.39 is 0 Å². The average molecular weight is 420 g/mol. The molecule has 0 radical (unpaired) electrons. The van der Waals surface area contributed by atoms with E-state index in [4.69, 9.17) is 9.47 Å². The topological polar surface area (TPSA) is 115 Å². The third-order valence-electron chi connectivity index (χ3n) is 5.27. The lowest BCUT2D eigenvalue weighted by Crippen LogP contribution is -2.44. The van der Waals surface area contributed by atoms with Gasteiger partial charge in [0.15, 0.2) is 0 Å². The Morgan fingerprint density at radius 2 is 2.23 bits per heavy atom. The average Bonchev–Trinajstić information content (AvgIpc) is 3.21. The number of methoxy groups -OCH3 is 1. The van der Waals surface area contributed by atoms with Crippen molar-refractivity contribution in [2.45, 2.75) is 13.0 Å². The summed E-state index contributed by atoms with van der Waals surface area (Å²) in [5.41, 5.74) is 3.13. The van der Waals surface area contributed by atoms with Gasteiger partial charge in [-0.3, -0.25) is 4.79 Å². The molecule has 31 heavy (non-hydrogen) atoms. The van der Waals surface area contributed by atoms with E-state index in [2.05, 4.69) is 26.7 Å². The van der Waals surface area contributed by atoms with E-state index in [1.165, 1.54) is 0 Å². The molecule has 2 aromatic heterocycles. The van der Waals surface area contributed by atoms with Crippen LogP contribution in [0.2, 0.25) is 0 Å². The summed E-state index contributed by atoms with van der Waals surface area (Å²) in [6.07, 6.45) is 1.66. The third kappa shape index (κ3) is 3.98. The van der Waals surface area contributed by atoms with Gasteiger partial charge in [-0.15, -0.1) is 0 Å². The summed E-state index contributed by atoms with van der Waals surface area (Å²) < 4.78 is 11.1. The van der Waals surface area contributed by atoms with Crippen LogP contribution in [0.15, 0.2) is 30.5 Å². The number of morpholine rings is 1. The van der Waals surface area contributed by atoms with Crippen molar-refractivity contribution in [2.75, 3.05) is 44.5 Å². The molecule has 160 valence electrons. The molecule has 1 amide bonds. The number of fused-ring (bicyclic) bond motifs is 1. The molecule has 1 aliphatic rings. The number of H-pyrrole nitrogens is 1. The van der Waals surface area contributed by atoms with Gasteiger partial charge in [-0.05, 0) is 25.1 Å². The maximum atomic E-state index is 12.9. The number of hydrogen-bond acceptors (Lipinski definition) is 7. The van der Waals surface area contributed by atoms with E-state index in [1.54, 1.807) is 43.5 Å². The summed E-state index contributed by atoms with van der Waals surface area (Å²) in [4.78, 5) is 22.3. The molecule has 0 unspecified atom stereocenters. The molecule has 0 saturated carbocycles. The second-order valence-corrected chi connectivity index (χ2v) is 7.32. The van der Waals surface area contributed by atoms with Gasteiger partial charge in [0.05, 0.1) is 36.5 Å². The third-order valence-corrected chi connectivity index (χ3v) is 5.27. The van der Waals surface area contributed by atoms with Crippen LogP contribution in [-0.4, -0.2) is 60.7 Å². The summed E-state index contributed by atoms with van der Waals surface area (Å²) in [6.45, 7) is 3.64. The molecule has 3 aromatic rings. The Morgan fingerprint density at radius 3 is 2.94 bits per heavy atom. The summed E-state index contributed by atoms with van der Waals surface area (Å²) in [6, 6.07) is 9.29. The Hall–Kier alpha value is -3.77. The van der Waals surface area contributed by atoms with Crippen LogP contribution in [0.1, 0.15) is 22.8 Å². The van der Waals surface area contributed by atoms with Gasteiger partial charge in [0.1, 0.15) is 23.3 Å². The molecule has 1 aromatic carbocycles. The smallest absolute Gasteiger partial charge is 0.254 e. The highest BCUT2D eigenvalue weighted by Crippen LogP contribution is 2.32. The first kappa shape index (κ1) is 20.5. The van der Waals surface area contributed by atoms with Crippen molar-refractivity contribution < 1.29 is 14.3 Å². The SMILES string of the molecule is CNc1cc(Nc2ccc(C(=O)N3CCO[C@H](C)C3)cc2OC)nc2[nH]cc(C#N)c12. The summed E-state index contributed by atoms with van der Waals surface area (Å²) >= 11 is 0. The quantitative estimate of drug-likeness (QED) is 0.581. The van der Waals surface area contributed by atoms with Gasteiger partial charge in [0.25, 0.3) is 5.91 Å². The van der Waals surface area contributed by atoms with E-state index >= 15 is 0 Å². The van der Waals surface area contributed by atoms with Gasteiger partial charge in [-0.25, -0.2) is 4.98 Å². The summed E-state index contributed by atoms with van der Waals surface area (Å²) in [7, 11) is 3.35. The zero-order valence-corrected chi connectivity index (χ0v) is 17.7. The Kier molecular flexibility index (Phi) is 5.64. The number of aromatic nitrogens is 2. The highest BCUT2D eigenvalue weighted by Gasteiger charge is 2.23. The van der Waals surface area contributed by atoms with E-state index in [0.717, 1.165) is 11.1 Å². The van der Waals surface area contributed by atoms with Gasteiger partial charge in [-0.2, -0.15) is 5.26 Å². The first-order chi connectivity index (χ1) is 15.0. The Balaban J connectivity index is 1.62. The first-order valence-corrected chi connectivity index (χ1v) is 10.00. The molecular formula is C22H24N6O3. The van der Waals surface area contributed by atoms with Gasteiger partial charge >= 0.3 is 0 Å². The molecule has 0 spiro atoms. The van der Waals surface area contributed by atoms with Crippen LogP contribution >= 0.6 is 0 Å². The largest absolute Gasteiger partial charge is 0.495 e. The van der Waals surface area contributed by atoms with E-state index in [1.807, 2.05) is 13.0 Å². The molecule has 1 atom stereocenters. The minimum atomic E-state index is -0.0487. The van der Waals surface area contributed by atoms with Crippen molar-refractivity contribution in [2.24, 2.45) is 0 Å². The number of aromatic amines is 1. The Morgan fingerprint density at radius 1 is 1.39 bits per heavy atom. The lowest BCUT2D eigenvalue weighted by Gasteiger charge is -2.31. The number of pyridine rings is 1. The molecule has 1 fully saturated rings. The monoisotopic (exact) mass is 420 g/mol. The maximum Gasteiger partial charge on any atom is 0.254 e. The number of carbonyl (C=O) groups is 1. The molecule has 1 aliphatic heterocycles. The van der Waals surface area contributed by atoms with Gasteiger partial charge in [-0.1, -0.05) is 0 Å². The normalized spacial score (nSPS) is 16.1. The minimum Gasteiger partial charge on any atom is -0.495 e. The predicted molar refractivity (Wildman–Crippen MR) is 118 cm³/mol. The van der Waals surface area contributed by atoms with Crippen LogP contribution in [0.5, 0.6) is 5.75 Å². The van der Waals surface area contributed by atoms with Crippen molar-refractivity contribution in [3.8, 4) is 11.8 Å². The van der Waals surface area contributed by atoms with E-state index in [-0.39, 0.29) is 12.0 Å². The zero-order chi connectivity index (χ0) is 22.0. The highest BCUT2D eigenvalue weighted by molar-refractivity contribution is 5.97. The second-order valence-electron chi connectivity index (χ2n) is 7.32. The second kappa shape index (κ2) is 8.53. The number of benzene rings is 1.